The summed E-state index contributed by atoms with van der Waals surface area (Å²) in [7, 11) is 0. The number of piperazine rings is 1. The number of hydrogen-bond acceptors (Lipinski definition) is 5. The molecule has 1 aromatic carbocycles. The summed E-state index contributed by atoms with van der Waals surface area (Å²) in [6.45, 7) is 2.20. The van der Waals surface area contributed by atoms with Crippen molar-refractivity contribution in [2.75, 3.05) is 42.9 Å². The SMILES string of the molecule is O=C(CNc1cccc(C(F)(F)F)c1)N1CCN(c2ncccn2)CC1. The number of nitrogens with zero attached hydrogens (tertiary/aromatic N) is 4. The van der Waals surface area contributed by atoms with E-state index in [1.807, 2.05) is 4.90 Å². The van der Waals surface area contributed by atoms with Crippen LogP contribution < -0.4 is 10.2 Å². The maximum atomic E-state index is 12.7. The molecule has 0 bridgehead atoms. The van der Waals surface area contributed by atoms with E-state index in [1.54, 1.807) is 23.4 Å². The fourth-order valence-electron chi connectivity index (χ4n) is 2.71. The van der Waals surface area contributed by atoms with Gasteiger partial charge in [0.2, 0.25) is 11.9 Å². The van der Waals surface area contributed by atoms with E-state index >= 15 is 0 Å². The van der Waals surface area contributed by atoms with E-state index in [9.17, 15) is 18.0 Å². The summed E-state index contributed by atoms with van der Waals surface area (Å²) in [6.07, 6.45) is -1.07. The Balaban J connectivity index is 1.51. The third kappa shape index (κ3) is 4.41. The van der Waals surface area contributed by atoms with Crippen LogP contribution in [0.4, 0.5) is 24.8 Å². The molecule has 0 saturated carbocycles. The fraction of sp³-hybridized carbons (Fsp3) is 0.353. The molecule has 1 N–H and O–H groups in total. The number of rotatable bonds is 4. The first-order chi connectivity index (χ1) is 12.4. The average molecular weight is 365 g/mol. The van der Waals surface area contributed by atoms with Crippen molar-refractivity contribution in [3.63, 3.8) is 0 Å². The summed E-state index contributed by atoms with van der Waals surface area (Å²) in [6, 6.07) is 6.56. The van der Waals surface area contributed by atoms with Gasteiger partial charge < -0.3 is 15.1 Å². The lowest BCUT2D eigenvalue weighted by molar-refractivity contribution is -0.137. The third-order valence-corrected chi connectivity index (χ3v) is 4.10. The molecule has 6 nitrogen and oxygen atoms in total. The van der Waals surface area contributed by atoms with Crippen molar-refractivity contribution < 1.29 is 18.0 Å². The number of aromatic nitrogens is 2. The highest BCUT2D eigenvalue weighted by molar-refractivity contribution is 5.81. The number of carbonyl (C=O) groups excluding carboxylic acids is 1. The van der Waals surface area contributed by atoms with Crippen molar-refractivity contribution in [2.45, 2.75) is 6.18 Å². The predicted octanol–water partition coefficient (Wildman–Crippen LogP) is 2.26. The number of halogens is 3. The molecule has 1 aliphatic rings. The van der Waals surface area contributed by atoms with Crippen LogP contribution in [0.15, 0.2) is 42.7 Å². The predicted molar refractivity (Wildman–Crippen MR) is 90.8 cm³/mol. The molecule has 1 fully saturated rings. The molecule has 0 radical (unpaired) electrons. The molecule has 9 heteroatoms. The lowest BCUT2D eigenvalue weighted by Crippen LogP contribution is -2.50. The monoisotopic (exact) mass is 365 g/mol. The molecule has 1 saturated heterocycles. The van der Waals surface area contributed by atoms with Crippen LogP contribution in [0, 0.1) is 0 Å². The lowest BCUT2D eigenvalue weighted by atomic mass is 10.2. The van der Waals surface area contributed by atoms with E-state index in [4.69, 9.17) is 0 Å². The van der Waals surface area contributed by atoms with Crippen molar-refractivity contribution in [1.29, 1.82) is 0 Å². The molecule has 0 spiro atoms. The minimum Gasteiger partial charge on any atom is -0.376 e. The summed E-state index contributed by atoms with van der Waals surface area (Å²) in [4.78, 5) is 24.3. The second-order valence-corrected chi connectivity index (χ2v) is 5.85. The number of nitrogens with one attached hydrogen (secondary N) is 1. The summed E-state index contributed by atoms with van der Waals surface area (Å²) in [5.74, 6) is 0.470. The molecule has 3 rings (SSSR count). The first kappa shape index (κ1) is 18.0. The number of amides is 1. The van der Waals surface area contributed by atoms with Crippen LogP contribution in [-0.4, -0.2) is 53.5 Å². The first-order valence-electron chi connectivity index (χ1n) is 8.14. The number of anilines is 2. The Morgan fingerprint density at radius 3 is 2.42 bits per heavy atom. The van der Waals surface area contributed by atoms with Gasteiger partial charge in [0, 0.05) is 44.3 Å². The standard InChI is InChI=1S/C17H18F3N5O/c18-17(19,20)13-3-1-4-14(11-13)23-12-15(26)24-7-9-25(10-8-24)16-21-5-2-6-22-16/h1-6,11,23H,7-10,12H2. The zero-order valence-corrected chi connectivity index (χ0v) is 13.9. The maximum absolute atomic E-state index is 12.7. The first-order valence-corrected chi connectivity index (χ1v) is 8.14. The summed E-state index contributed by atoms with van der Waals surface area (Å²) < 4.78 is 38.1. The molecule has 1 amide bonds. The van der Waals surface area contributed by atoms with Gasteiger partial charge in [-0.15, -0.1) is 0 Å². The molecule has 2 heterocycles. The smallest absolute Gasteiger partial charge is 0.376 e. The van der Waals surface area contributed by atoms with E-state index in [-0.39, 0.29) is 18.1 Å². The summed E-state index contributed by atoms with van der Waals surface area (Å²) >= 11 is 0. The van der Waals surface area contributed by atoms with Gasteiger partial charge in [0.25, 0.3) is 0 Å². The quantitative estimate of drug-likeness (QED) is 0.901. The van der Waals surface area contributed by atoms with Crippen LogP contribution in [0.1, 0.15) is 5.56 Å². The highest BCUT2D eigenvalue weighted by atomic mass is 19.4. The Morgan fingerprint density at radius 2 is 1.77 bits per heavy atom. The molecule has 1 aromatic heterocycles. The van der Waals surface area contributed by atoms with Crippen LogP contribution >= 0.6 is 0 Å². The molecule has 26 heavy (non-hydrogen) atoms. The Hall–Kier alpha value is -2.84. The Kier molecular flexibility index (Phi) is 5.24. The van der Waals surface area contributed by atoms with Crippen LogP contribution in [0.3, 0.4) is 0 Å². The van der Waals surface area contributed by atoms with Gasteiger partial charge in [0.05, 0.1) is 12.1 Å². The molecule has 0 atom stereocenters. The van der Waals surface area contributed by atoms with E-state index in [1.165, 1.54) is 12.1 Å². The second kappa shape index (κ2) is 7.59. The molecule has 0 aliphatic carbocycles. The number of benzene rings is 1. The van der Waals surface area contributed by atoms with Crippen molar-refractivity contribution in [1.82, 2.24) is 14.9 Å². The zero-order valence-electron chi connectivity index (χ0n) is 13.9. The van der Waals surface area contributed by atoms with E-state index in [0.29, 0.717) is 32.1 Å². The van der Waals surface area contributed by atoms with Crippen molar-refractivity contribution in [3.05, 3.63) is 48.3 Å². The highest BCUT2D eigenvalue weighted by Gasteiger charge is 2.30. The number of alkyl halides is 3. The van der Waals surface area contributed by atoms with E-state index in [0.717, 1.165) is 12.1 Å². The van der Waals surface area contributed by atoms with Gasteiger partial charge in [-0.2, -0.15) is 13.2 Å². The molecular formula is C17H18F3N5O. The average Bonchev–Trinajstić information content (AvgIpc) is 2.66. The molecule has 0 unspecified atom stereocenters. The zero-order chi connectivity index (χ0) is 18.6. The van der Waals surface area contributed by atoms with Gasteiger partial charge in [-0.1, -0.05) is 6.07 Å². The Labute approximate surface area is 148 Å². The Bertz CT molecular complexity index is 746. The van der Waals surface area contributed by atoms with Gasteiger partial charge >= 0.3 is 6.18 Å². The minimum absolute atomic E-state index is 0.0524. The molecule has 2 aromatic rings. The summed E-state index contributed by atoms with van der Waals surface area (Å²) in [5.41, 5.74) is -0.476. The van der Waals surface area contributed by atoms with Gasteiger partial charge in [-0.3, -0.25) is 4.79 Å². The van der Waals surface area contributed by atoms with Crippen LogP contribution in [0.25, 0.3) is 0 Å². The molecule has 138 valence electrons. The van der Waals surface area contributed by atoms with E-state index < -0.39 is 11.7 Å². The van der Waals surface area contributed by atoms with Gasteiger partial charge in [0.15, 0.2) is 0 Å². The van der Waals surface area contributed by atoms with Crippen molar-refractivity contribution in [3.8, 4) is 0 Å². The van der Waals surface area contributed by atoms with Crippen LogP contribution in [0.5, 0.6) is 0 Å². The minimum atomic E-state index is -4.41. The second-order valence-electron chi connectivity index (χ2n) is 5.85. The Morgan fingerprint density at radius 1 is 1.08 bits per heavy atom. The maximum Gasteiger partial charge on any atom is 0.416 e. The normalized spacial score (nSPS) is 15.0. The molecule has 1 aliphatic heterocycles. The fourth-order valence-corrected chi connectivity index (χ4v) is 2.71. The largest absolute Gasteiger partial charge is 0.416 e. The van der Waals surface area contributed by atoms with E-state index in [2.05, 4.69) is 15.3 Å². The van der Waals surface area contributed by atoms with Crippen LogP contribution in [-0.2, 0) is 11.0 Å². The number of hydrogen-bond donors (Lipinski definition) is 1. The van der Waals surface area contributed by atoms with Crippen molar-refractivity contribution in [2.24, 2.45) is 0 Å². The highest BCUT2D eigenvalue weighted by Crippen LogP contribution is 2.30. The summed E-state index contributed by atoms with van der Waals surface area (Å²) in [5, 5.41) is 2.77. The van der Waals surface area contributed by atoms with Gasteiger partial charge in [-0.05, 0) is 24.3 Å². The van der Waals surface area contributed by atoms with Gasteiger partial charge in [-0.25, -0.2) is 9.97 Å². The number of carbonyl (C=O) groups is 1. The lowest BCUT2D eigenvalue weighted by Gasteiger charge is -2.34. The molecular weight excluding hydrogens is 347 g/mol. The van der Waals surface area contributed by atoms with Gasteiger partial charge in [0.1, 0.15) is 0 Å². The topological polar surface area (TPSA) is 61.4 Å². The van der Waals surface area contributed by atoms with Crippen LogP contribution in [0.2, 0.25) is 0 Å². The third-order valence-electron chi connectivity index (χ3n) is 4.10. The van der Waals surface area contributed by atoms with Crippen molar-refractivity contribution >= 4 is 17.5 Å².